The van der Waals surface area contributed by atoms with Gasteiger partial charge in [0, 0.05) is 38.0 Å². The van der Waals surface area contributed by atoms with Gasteiger partial charge in [0.2, 0.25) is 11.7 Å². The Hall–Kier alpha value is -2.68. The van der Waals surface area contributed by atoms with Crippen molar-refractivity contribution in [3.05, 3.63) is 12.1 Å². The Bertz CT molecular complexity index is 582. The molecule has 0 saturated heterocycles. The average molecular weight is 368 g/mol. The summed E-state index contributed by atoms with van der Waals surface area (Å²) in [6.45, 7) is 3.47. The summed E-state index contributed by atoms with van der Waals surface area (Å²) in [5, 5.41) is 8.91. The number of nitrogens with one attached hydrogen (secondary N) is 3. The van der Waals surface area contributed by atoms with Crippen molar-refractivity contribution in [3.63, 3.8) is 0 Å². The molecule has 0 heterocycles. The molecule has 146 valence electrons. The number of carbonyl (C=O) groups is 1. The van der Waals surface area contributed by atoms with Gasteiger partial charge in [-0.15, -0.1) is 0 Å². The van der Waals surface area contributed by atoms with Gasteiger partial charge in [-0.3, -0.25) is 4.79 Å². The Labute approximate surface area is 154 Å². The molecule has 0 aliphatic carbocycles. The fourth-order valence-electron chi connectivity index (χ4n) is 2.10. The average Bonchev–Trinajstić information content (AvgIpc) is 2.65. The third-order valence-corrected chi connectivity index (χ3v) is 3.28. The number of ether oxygens (including phenoxy) is 4. The van der Waals surface area contributed by atoms with Gasteiger partial charge in [-0.25, -0.2) is 4.99 Å². The number of amides is 1. The molecule has 1 rings (SSSR count). The highest BCUT2D eigenvalue weighted by atomic mass is 16.5. The molecule has 0 saturated carbocycles. The maximum absolute atomic E-state index is 11.8. The maximum atomic E-state index is 11.8. The monoisotopic (exact) mass is 368 g/mol. The van der Waals surface area contributed by atoms with Crippen LogP contribution in [-0.4, -0.2) is 66.5 Å². The highest BCUT2D eigenvalue weighted by molar-refractivity contribution is 5.95. The fraction of sp³-hybridized carbons (Fsp3) is 0.529. The summed E-state index contributed by atoms with van der Waals surface area (Å²) < 4.78 is 20.9. The standard InChI is InChI=1S/C17H28N4O5/c1-6-18-17(20-11-15(22)19-7-8-23-2)21-12-9-13(24-3)16(26-5)14(10-12)25-4/h9-10H,6-8,11H2,1-5H3,(H,19,22)(H2,18,20,21). The van der Waals surface area contributed by atoms with Crippen LogP contribution in [-0.2, 0) is 9.53 Å². The highest BCUT2D eigenvalue weighted by Gasteiger charge is 2.14. The first-order valence-corrected chi connectivity index (χ1v) is 8.20. The van der Waals surface area contributed by atoms with Crippen molar-refractivity contribution in [2.24, 2.45) is 4.99 Å². The van der Waals surface area contributed by atoms with Crippen LogP contribution in [0.15, 0.2) is 17.1 Å². The van der Waals surface area contributed by atoms with Crippen molar-refractivity contribution in [2.75, 3.05) is 60.0 Å². The van der Waals surface area contributed by atoms with Crippen molar-refractivity contribution in [1.29, 1.82) is 0 Å². The number of rotatable bonds is 10. The minimum atomic E-state index is -0.191. The molecule has 1 aromatic rings. The molecular weight excluding hydrogens is 340 g/mol. The smallest absolute Gasteiger partial charge is 0.241 e. The first-order valence-electron chi connectivity index (χ1n) is 8.20. The van der Waals surface area contributed by atoms with Gasteiger partial charge in [0.25, 0.3) is 0 Å². The van der Waals surface area contributed by atoms with Crippen LogP contribution >= 0.6 is 0 Å². The molecule has 0 unspecified atom stereocenters. The number of hydrogen-bond donors (Lipinski definition) is 3. The Morgan fingerprint density at radius 2 is 1.69 bits per heavy atom. The van der Waals surface area contributed by atoms with Crippen LogP contribution < -0.4 is 30.2 Å². The topological polar surface area (TPSA) is 102 Å². The fourth-order valence-corrected chi connectivity index (χ4v) is 2.10. The SMILES string of the molecule is CCNC(=NCC(=O)NCCOC)Nc1cc(OC)c(OC)c(OC)c1. The zero-order valence-electron chi connectivity index (χ0n) is 16.0. The lowest BCUT2D eigenvalue weighted by atomic mass is 10.2. The molecule has 0 radical (unpaired) electrons. The van der Waals surface area contributed by atoms with E-state index in [1.165, 1.54) is 0 Å². The van der Waals surface area contributed by atoms with E-state index in [4.69, 9.17) is 18.9 Å². The zero-order chi connectivity index (χ0) is 19.4. The van der Waals surface area contributed by atoms with Gasteiger partial charge in [-0.05, 0) is 6.92 Å². The number of benzene rings is 1. The number of methoxy groups -OCH3 is 4. The van der Waals surface area contributed by atoms with E-state index in [0.717, 1.165) is 0 Å². The van der Waals surface area contributed by atoms with Crippen molar-refractivity contribution in [2.45, 2.75) is 6.92 Å². The van der Waals surface area contributed by atoms with Crippen molar-refractivity contribution in [1.82, 2.24) is 10.6 Å². The molecule has 3 N–H and O–H groups in total. The van der Waals surface area contributed by atoms with E-state index in [9.17, 15) is 4.79 Å². The van der Waals surface area contributed by atoms with E-state index in [1.807, 2.05) is 6.92 Å². The van der Waals surface area contributed by atoms with Crippen LogP contribution in [0.25, 0.3) is 0 Å². The summed E-state index contributed by atoms with van der Waals surface area (Å²) >= 11 is 0. The summed E-state index contributed by atoms with van der Waals surface area (Å²) in [4.78, 5) is 16.0. The largest absolute Gasteiger partial charge is 0.493 e. The molecular formula is C17H28N4O5. The number of carbonyl (C=O) groups excluding carboxylic acids is 1. The summed E-state index contributed by atoms with van der Waals surface area (Å²) in [6.07, 6.45) is 0. The van der Waals surface area contributed by atoms with Crippen LogP contribution in [0.4, 0.5) is 5.69 Å². The molecule has 1 amide bonds. The van der Waals surface area contributed by atoms with Gasteiger partial charge >= 0.3 is 0 Å². The van der Waals surface area contributed by atoms with E-state index in [2.05, 4.69) is 20.9 Å². The molecule has 0 spiro atoms. The summed E-state index contributed by atoms with van der Waals surface area (Å²) in [5.74, 6) is 1.80. The van der Waals surface area contributed by atoms with E-state index in [1.54, 1.807) is 40.6 Å². The number of aliphatic imine (C=N–C) groups is 1. The number of anilines is 1. The first kappa shape index (κ1) is 21.4. The molecule has 0 aliphatic heterocycles. The third-order valence-electron chi connectivity index (χ3n) is 3.28. The van der Waals surface area contributed by atoms with Gasteiger partial charge < -0.3 is 34.9 Å². The number of guanidine groups is 1. The molecule has 0 aromatic heterocycles. The van der Waals surface area contributed by atoms with Crippen LogP contribution in [0.1, 0.15) is 6.92 Å². The van der Waals surface area contributed by atoms with Crippen LogP contribution in [0.2, 0.25) is 0 Å². The van der Waals surface area contributed by atoms with E-state index < -0.39 is 0 Å². The Balaban J connectivity index is 2.89. The molecule has 0 atom stereocenters. The van der Waals surface area contributed by atoms with Gasteiger partial charge in [0.15, 0.2) is 17.5 Å². The zero-order valence-corrected chi connectivity index (χ0v) is 16.0. The lowest BCUT2D eigenvalue weighted by molar-refractivity contribution is -0.119. The predicted molar refractivity (Wildman–Crippen MR) is 101 cm³/mol. The second kappa shape index (κ2) is 11.8. The van der Waals surface area contributed by atoms with Gasteiger partial charge in [0.05, 0.1) is 27.9 Å². The molecule has 9 heteroatoms. The van der Waals surface area contributed by atoms with Crippen molar-refractivity contribution >= 4 is 17.6 Å². The predicted octanol–water partition coefficient (Wildman–Crippen LogP) is 0.852. The van der Waals surface area contributed by atoms with Crippen LogP contribution in [0.5, 0.6) is 17.2 Å². The minimum Gasteiger partial charge on any atom is -0.493 e. The molecule has 0 bridgehead atoms. The first-order chi connectivity index (χ1) is 12.6. The number of nitrogens with zero attached hydrogens (tertiary/aromatic N) is 1. The third kappa shape index (κ3) is 6.67. The minimum absolute atomic E-state index is 0.0104. The van der Waals surface area contributed by atoms with Gasteiger partial charge in [-0.1, -0.05) is 0 Å². The Morgan fingerprint density at radius 1 is 1.04 bits per heavy atom. The molecule has 0 fully saturated rings. The molecule has 0 aliphatic rings. The van der Waals surface area contributed by atoms with E-state index in [-0.39, 0.29) is 12.5 Å². The van der Waals surface area contributed by atoms with Crippen molar-refractivity contribution < 1.29 is 23.7 Å². The summed E-state index contributed by atoms with van der Waals surface area (Å²) in [6, 6.07) is 3.51. The quantitative estimate of drug-likeness (QED) is 0.320. The molecule has 26 heavy (non-hydrogen) atoms. The second-order valence-electron chi connectivity index (χ2n) is 5.08. The number of hydrogen-bond acceptors (Lipinski definition) is 6. The van der Waals surface area contributed by atoms with Crippen LogP contribution in [0, 0.1) is 0 Å². The van der Waals surface area contributed by atoms with Crippen LogP contribution in [0.3, 0.4) is 0 Å². The van der Waals surface area contributed by atoms with Gasteiger partial charge in [-0.2, -0.15) is 0 Å². The normalized spacial score (nSPS) is 10.9. The van der Waals surface area contributed by atoms with Crippen molar-refractivity contribution in [3.8, 4) is 17.2 Å². The Morgan fingerprint density at radius 3 is 2.19 bits per heavy atom. The highest BCUT2D eigenvalue weighted by Crippen LogP contribution is 2.39. The van der Waals surface area contributed by atoms with E-state index in [0.29, 0.717) is 48.6 Å². The maximum Gasteiger partial charge on any atom is 0.241 e. The van der Waals surface area contributed by atoms with Gasteiger partial charge in [0.1, 0.15) is 6.54 Å². The summed E-state index contributed by atoms with van der Waals surface area (Å²) in [7, 11) is 6.21. The molecule has 9 nitrogen and oxygen atoms in total. The second-order valence-corrected chi connectivity index (χ2v) is 5.08. The van der Waals surface area contributed by atoms with E-state index >= 15 is 0 Å². The Kier molecular flexibility index (Phi) is 9.70. The summed E-state index contributed by atoms with van der Waals surface area (Å²) in [5.41, 5.74) is 0.680. The lowest BCUT2D eigenvalue weighted by Crippen LogP contribution is -2.34. The lowest BCUT2D eigenvalue weighted by Gasteiger charge is -2.16. The molecule has 1 aromatic carbocycles.